The van der Waals surface area contributed by atoms with E-state index in [0.29, 0.717) is 28.2 Å². The van der Waals surface area contributed by atoms with E-state index in [4.69, 9.17) is 0 Å². The minimum atomic E-state index is -4.80. The van der Waals surface area contributed by atoms with E-state index in [1.807, 2.05) is 0 Å². The summed E-state index contributed by atoms with van der Waals surface area (Å²) in [4.78, 5) is 2.96. The highest BCUT2D eigenvalue weighted by molar-refractivity contribution is 7.92. The fourth-order valence-electron chi connectivity index (χ4n) is 3.36. The average Bonchev–Trinajstić information content (AvgIpc) is 3.02. The van der Waals surface area contributed by atoms with Gasteiger partial charge in [0.15, 0.2) is 0 Å². The molecule has 3 rings (SSSR count). The fraction of sp³-hybridized carbons (Fsp3) is 0.263. The quantitative estimate of drug-likeness (QED) is 0.513. The van der Waals surface area contributed by atoms with Gasteiger partial charge in [-0.3, -0.25) is 4.72 Å². The molecule has 0 radical (unpaired) electrons. The molecule has 0 fully saturated rings. The Morgan fingerprint density at radius 2 is 1.93 bits per heavy atom. The summed E-state index contributed by atoms with van der Waals surface area (Å²) in [6.45, 7) is -0.277. The van der Waals surface area contributed by atoms with E-state index in [9.17, 15) is 31.1 Å². The normalized spacial score (nSPS) is 13.6. The van der Waals surface area contributed by atoms with Crippen molar-refractivity contribution in [1.82, 2.24) is 4.98 Å². The van der Waals surface area contributed by atoms with Crippen molar-refractivity contribution in [3.63, 3.8) is 0 Å². The predicted octanol–water partition coefficient (Wildman–Crippen LogP) is 4.21. The highest BCUT2D eigenvalue weighted by Gasteiger charge is 2.34. The molecule has 1 aromatic heterocycles. The third-order valence-corrected chi connectivity index (χ3v) is 5.13. The minimum Gasteiger partial charge on any atom is -0.396 e. The number of halogens is 4. The molecule has 0 saturated heterocycles. The number of aromatic amines is 1. The predicted molar refractivity (Wildman–Crippen MR) is 102 cm³/mol. The van der Waals surface area contributed by atoms with Crippen LogP contribution in [0.2, 0.25) is 0 Å². The number of benzene rings is 2. The van der Waals surface area contributed by atoms with Gasteiger partial charge in [-0.2, -0.15) is 13.2 Å². The second kappa shape index (κ2) is 7.68. The van der Waals surface area contributed by atoms with Crippen LogP contribution in [0.3, 0.4) is 0 Å². The second-order valence-electron chi connectivity index (χ2n) is 6.65. The molecule has 0 aliphatic rings. The third-order valence-electron chi connectivity index (χ3n) is 4.54. The van der Waals surface area contributed by atoms with E-state index < -0.39 is 33.5 Å². The van der Waals surface area contributed by atoms with Crippen LogP contribution < -0.4 is 4.72 Å². The molecule has 0 amide bonds. The minimum absolute atomic E-state index is 0.140. The van der Waals surface area contributed by atoms with Crippen molar-refractivity contribution in [2.24, 2.45) is 0 Å². The van der Waals surface area contributed by atoms with Gasteiger partial charge < -0.3 is 10.1 Å². The Hall–Kier alpha value is -2.59. The number of aliphatic hydroxyl groups is 1. The van der Waals surface area contributed by atoms with Gasteiger partial charge in [-0.1, -0.05) is 18.2 Å². The zero-order chi connectivity index (χ0) is 21.4. The number of hydrogen-bond acceptors (Lipinski definition) is 3. The summed E-state index contributed by atoms with van der Waals surface area (Å²) in [5.74, 6) is -1.99. The smallest absolute Gasteiger partial charge is 0.396 e. The molecular formula is C19H18F4N2O3S. The Bertz CT molecular complexity index is 1140. The molecule has 0 saturated carbocycles. The zero-order valence-corrected chi connectivity index (χ0v) is 16.0. The molecule has 3 N–H and O–H groups in total. The SMILES string of the molecule is CS(=O)(=O)Nc1cccc2c(C(CCO)c3ccc(C(F)(F)F)c(F)c3)c[nH]c12. The molecule has 10 heteroatoms. The summed E-state index contributed by atoms with van der Waals surface area (Å²) in [5, 5.41) is 10.1. The maximum Gasteiger partial charge on any atom is 0.419 e. The van der Waals surface area contributed by atoms with Crippen molar-refractivity contribution in [2.45, 2.75) is 18.5 Å². The number of sulfonamides is 1. The summed E-state index contributed by atoms with van der Waals surface area (Å²) in [6, 6.07) is 7.57. The molecular weight excluding hydrogens is 412 g/mol. The number of H-pyrrole nitrogens is 1. The van der Waals surface area contributed by atoms with Crippen LogP contribution in [-0.2, 0) is 16.2 Å². The van der Waals surface area contributed by atoms with E-state index in [1.54, 1.807) is 24.4 Å². The highest BCUT2D eigenvalue weighted by atomic mass is 32.2. The summed E-state index contributed by atoms with van der Waals surface area (Å²) < 4.78 is 78.2. The Kier molecular flexibility index (Phi) is 5.59. The van der Waals surface area contributed by atoms with Gasteiger partial charge in [-0.15, -0.1) is 0 Å². The first-order valence-corrected chi connectivity index (χ1v) is 10.5. The first kappa shape index (κ1) is 21.1. The summed E-state index contributed by atoms with van der Waals surface area (Å²) >= 11 is 0. The molecule has 1 atom stereocenters. The van der Waals surface area contributed by atoms with E-state index in [2.05, 4.69) is 9.71 Å². The van der Waals surface area contributed by atoms with Gasteiger partial charge >= 0.3 is 6.18 Å². The van der Waals surface area contributed by atoms with Gasteiger partial charge in [0.05, 0.1) is 23.0 Å². The molecule has 1 unspecified atom stereocenters. The van der Waals surface area contributed by atoms with Crippen LogP contribution in [0.15, 0.2) is 42.6 Å². The fourth-order valence-corrected chi connectivity index (χ4v) is 3.93. The number of aliphatic hydroxyl groups excluding tert-OH is 1. The van der Waals surface area contributed by atoms with E-state index in [0.717, 1.165) is 12.3 Å². The Morgan fingerprint density at radius 3 is 2.52 bits per heavy atom. The number of rotatable bonds is 6. The molecule has 29 heavy (non-hydrogen) atoms. The average molecular weight is 430 g/mol. The highest BCUT2D eigenvalue weighted by Crippen LogP contribution is 2.38. The van der Waals surface area contributed by atoms with Crippen molar-refractivity contribution in [3.05, 3.63) is 65.1 Å². The lowest BCUT2D eigenvalue weighted by Gasteiger charge is -2.18. The van der Waals surface area contributed by atoms with Gasteiger partial charge in [-0.25, -0.2) is 12.8 Å². The zero-order valence-electron chi connectivity index (χ0n) is 15.2. The molecule has 5 nitrogen and oxygen atoms in total. The van der Waals surface area contributed by atoms with Gasteiger partial charge in [0.25, 0.3) is 0 Å². The Morgan fingerprint density at radius 1 is 1.21 bits per heavy atom. The topological polar surface area (TPSA) is 82.2 Å². The molecule has 0 spiro atoms. The number of nitrogens with one attached hydrogen (secondary N) is 2. The van der Waals surface area contributed by atoms with Crippen LogP contribution in [-0.4, -0.2) is 31.4 Å². The lowest BCUT2D eigenvalue weighted by Crippen LogP contribution is -2.10. The van der Waals surface area contributed by atoms with Crippen LogP contribution >= 0.6 is 0 Å². The van der Waals surface area contributed by atoms with Gasteiger partial charge in [0.1, 0.15) is 5.82 Å². The number of anilines is 1. The van der Waals surface area contributed by atoms with E-state index >= 15 is 0 Å². The van der Waals surface area contributed by atoms with Crippen LogP contribution in [0.4, 0.5) is 23.2 Å². The molecule has 2 aromatic carbocycles. The summed E-state index contributed by atoms with van der Waals surface area (Å²) in [7, 11) is -3.53. The molecule has 0 bridgehead atoms. The monoisotopic (exact) mass is 430 g/mol. The summed E-state index contributed by atoms with van der Waals surface area (Å²) in [6.07, 6.45) is -2.08. The van der Waals surface area contributed by atoms with Crippen molar-refractivity contribution < 1.29 is 31.1 Å². The van der Waals surface area contributed by atoms with Crippen molar-refractivity contribution >= 4 is 26.6 Å². The largest absolute Gasteiger partial charge is 0.419 e. The molecule has 156 valence electrons. The van der Waals surface area contributed by atoms with Crippen LogP contribution in [0.5, 0.6) is 0 Å². The molecule has 3 aromatic rings. The maximum atomic E-state index is 14.1. The van der Waals surface area contributed by atoms with E-state index in [1.165, 1.54) is 6.07 Å². The van der Waals surface area contributed by atoms with Crippen LogP contribution in [0.1, 0.15) is 29.0 Å². The van der Waals surface area contributed by atoms with Gasteiger partial charge in [-0.05, 0) is 35.7 Å². The van der Waals surface area contributed by atoms with Gasteiger partial charge in [0.2, 0.25) is 10.0 Å². The second-order valence-corrected chi connectivity index (χ2v) is 8.40. The molecule has 0 aliphatic heterocycles. The number of aromatic nitrogens is 1. The Labute approximate surface area is 164 Å². The lowest BCUT2D eigenvalue weighted by molar-refractivity contribution is -0.140. The van der Waals surface area contributed by atoms with Crippen molar-refractivity contribution in [3.8, 4) is 0 Å². The van der Waals surface area contributed by atoms with E-state index in [-0.39, 0.29) is 18.6 Å². The molecule has 0 aliphatic carbocycles. The third kappa shape index (κ3) is 4.54. The van der Waals surface area contributed by atoms with Crippen molar-refractivity contribution in [2.75, 3.05) is 17.6 Å². The van der Waals surface area contributed by atoms with Crippen molar-refractivity contribution in [1.29, 1.82) is 0 Å². The first-order valence-electron chi connectivity index (χ1n) is 8.56. The Balaban J connectivity index is 2.10. The first-order chi connectivity index (χ1) is 13.5. The number of hydrogen-bond donors (Lipinski definition) is 3. The standard InChI is InChI=1S/C19H18F4N2O3S/c1-29(27,28)25-17-4-2-3-13-14(10-24-18(13)17)12(7-8-26)11-5-6-15(16(20)9-11)19(21,22)23/h2-6,9-10,12,24-26H,7-8H2,1H3. The summed E-state index contributed by atoms with van der Waals surface area (Å²) in [5.41, 5.74) is 0.292. The van der Waals surface area contributed by atoms with Gasteiger partial charge in [0, 0.05) is 24.1 Å². The number of fused-ring (bicyclic) bond motifs is 1. The lowest BCUT2D eigenvalue weighted by atomic mass is 9.88. The molecule has 1 heterocycles. The number of para-hydroxylation sites is 1. The maximum absolute atomic E-state index is 14.1. The number of alkyl halides is 3. The van der Waals surface area contributed by atoms with Crippen LogP contribution in [0, 0.1) is 5.82 Å². The van der Waals surface area contributed by atoms with Crippen LogP contribution in [0.25, 0.3) is 10.9 Å².